The molecule has 0 saturated carbocycles. The van der Waals surface area contributed by atoms with E-state index < -0.39 is 0 Å². The molecule has 0 aromatic heterocycles. The fourth-order valence-corrected chi connectivity index (χ4v) is 3.47. The van der Waals surface area contributed by atoms with E-state index in [2.05, 4.69) is 5.32 Å². The van der Waals surface area contributed by atoms with Gasteiger partial charge in [-0.3, -0.25) is 4.79 Å². The van der Waals surface area contributed by atoms with E-state index in [9.17, 15) is 9.90 Å². The Morgan fingerprint density at radius 2 is 2.00 bits per heavy atom. The smallest absolute Gasteiger partial charge is 0.255 e. The summed E-state index contributed by atoms with van der Waals surface area (Å²) in [5, 5.41) is 14.9. The van der Waals surface area contributed by atoms with Gasteiger partial charge in [0.15, 0.2) is 0 Å². The molecular weight excluding hydrogens is 258 g/mol. The van der Waals surface area contributed by atoms with E-state index >= 15 is 0 Å². The zero-order chi connectivity index (χ0) is 13.2. The molecule has 1 unspecified atom stereocenters. The van der Waals surface area contributed by atoms with Crippen LogP contribution in [0.5, 0.6) is 5.75 Å². The van der Waals surface area contributed by atoms with Crippen molar-refractivity contribution in [1.82, 2.24) is 5.32 Å². The summed E-state index contributed by atoms with van der Waals surface area (Å²) in [6, 6.07) is 11.3. The van der Waals surface area contributed by atoms with E-state index in [-0.39, 0.29) is 17.7 Å². The molecule has 1 aliphatic heterocycles. The lowest BCUT2D eigenvalue weighted by Crippen LogP contribution is -2.34. The number of carbonyl (C=O) groups is 1. The minimum Gasteiger partial charge on any atom is -0.507 e. The molecular formula is C15H15NO2S. The van der Waals surface area contributed by atoms with Crippen LogP contribution in [-0.2, 0) is 0 Å². The molecule has 1 atom stereocenters. The number of phenolic OH excluding ortho intramolecular Hbond substituents is 1. The van der Waals surface area contributed by atoms with Gasteiger partial charge in [-0.1, -0.05) is 24.3 Å². The predicted octanol–water partition coefficient (Wildman–Crippen LogP) is 2.78. The highest BCUT2D eigenvalue weighted by molar-refractivity contribution is 7.99. The Morgan fingerprint density at radius 3 is 2.68 bits per heavy atom. The lowest BCUT2D eigenvalue weighted by Gasteiger charge is -2.12. The van der Waals surface area contributed by atoms with Crippen LogP contribution in [0.15, 0.2) is 36.4 Å². The molecule has 1 aliphatic rings. The first-order valence-electron chi connectivity index (χ1n) is 6.34. The van der Waals surface area contributed by atoms with Gasteiger partial charge in [0.2, 0.25) is 0 Å². The fourth-order valence-electron chi connectivity index (χ4n) is 2.32. The molecule has 2 N–H and O–H groups in total. The number of phenols is 1. The van der Waals surface area contributed by atoms with Gasteiger partial charge >= 0.3 is 0 Å². The molecule has 4 heteroatoms. The number of benzene rings is 2. The van der Waals surface area contributed by atoms with Crippen LogP contribution in [0.4, 0.5) is 0 Å². The Hall–Kier alpha value is -1.68. The molecule has 0 radical (unpaired) electrons. The van der Waals surface area contributed by atoms with Gasteiger partial charge in [-0.2, -0.15) is 11.8 Å². The van der Waals surface area contributed by atoms with Gasteiger partial charge in [-0.15, -0.1) is 0 Å². The van der Waals surface area contributed by atoms with Crippen molar-refractivity contribution in [2.45, 2.75) is 12.5 Å². The third kappa shape index (κ3) is 2.54. The molecule has 2 aromatic carbocycles. The Balaban J connectivity index is 1.90. The third-order valence-electron chi connectivity index (χ3n) is 3.37. The number of carbonyl (C=O) groups excluding carboxylic acids is 1. The summed E-state index contributed by atoms with van der Waals surface area (Å²) in [6.07, 6.45) is 1.00. The zero-order valence-electron chi connectivity index (χ0n) is 10.4. The van der Waals surface area contributed by atoms with Gasteiger partial charge in [0.1, 0.15) is 5.75 Å². The quantitative estimate of drug-likeness (QED) is 0.884. The Bertz CT molecular complexity index is 621. The number of amides is 1. The molecule has 1 amide bonds. The highest BCUT2D eigenvalue weighted by atomic mass is 32.2. The lowest BCUT2D eigenvalue weighted by molar-refractivity contribution is 0.0938. The van der Waals surface area contributed by atoms with Gasteiger partial charge in [0.25, 0.3) is 5.91 Å². The van der Waals surface area contributed by atoms with Crippen molar-refractivity contribution < 1.29 is 9.90 Å². The zero-order valence-corrected chi connectivity index (χ0v) is 11.2. The van der Waals surface area contributed by atoms with Crippen molar-refractivity contribution in [3.63, 3.8) is 0 Å². The lowest BCUT2D eigenvalue weighted by atomic mass is 10.1. The molecule has 0 aliphatic carbocycles. The second kappa shape index (κ2) is 5.13. The molecule has 2 aromatic rings. The number of thioether (sulfide) groups is 1. The molecule has 19 heavy (non-hydrogen) atoms. The maximum atomic E-state index is 12.2. The predicted molar refractivity (Wildman–Crippen MR) is 78.8 cm³/mol. The monoisotopic (exact) mass is 273 g/mol. The van der Waals surface area contributed by atoms with E-state index in [0.717, 1.165) is 28.7 Å². The molecule has 98 valence electrons. The number of aromatic hydroxyl groups is 1. The average Bonchev–Trinajstić information content (AvgIpc) is 2.90. The van der Waals surface area contributed by atoms with Crippen LogP contribution >= 0.6 is 11.8 Å². The summed E-state index contributed by atoms with van der Waals surface area (Å²) in [5.74, 6) is 1.91. The van der Waals surface area contributed by atoms with Gasteiger partial charge in [-0.25, -0.2) is 0 Å². The Morgan fingerprint density at radius 1 is 1.26 bits per heavy atom. The Kier molecular flexibility index (Phi) is 3.34. The van der Waals surface area contributed by atoms with Crippen molar-refractivity contribution in [3.8, 4) is 5.75 Å². The van der Waals surface area contributed by atoms with Gasteiger partial charge in [0, 0.05) is 11.8 Å². The van der Waals surface area contributed by atoms with E-state index in [1.807, 2.05) is 36.0 Å². The first-order chi connectivity index (χ1) is 9.24. The molecule has 0 spiro atoms. The van der Waals surface area contributed by atoms with E-state index in [1.165, 1.54) is 0 Å². The van der Waals surface area contributed by atoms with Gasteiger partial charge < -0.3 is 10.4 Å². The summed E-state index contributed by atoms with van der Waals surface area (Å²) in [7, 11) is 0. The summed E-state index contributed by atoms with van der Waals surface area (Å²) >= 11 is 1.85. The fraction of sp³-hybridized carbons (Fsp3) is 0.267. The van der Waals surface area contributed by atoms with Crippen LogP contribution in [0.2, 0.25) is 0 Å². The van der Waals surface area contributed by atoms with Crippen molar-refractivity contribution >= 4 is 28.4 Å². The van der Waals surface area contributed by atoms with Crippen LogP contribution in [-0.4, -0.2) is 28.6 Å². The standard InChI is InChI=1S/C15H15NO2S/c17-14-8-11-4-2-1-3-10(11)7-13(14)15(18)16-12-5-6-19-9-12/h1-4,7-8,12,17H,5-6,9H2,(H,16,18). The number of fused-ring (bicyclic) bond motifs is 1. The van der Waals surface area contributed by atoms with Crippen LogP contribution < -0.4 is 5.32 Å². The van der Waals surface area contributed by atoms with Crippen molar-refractivity contribution in [2.75, 3.05) is 11.5 Å². The highest BCUT2D eigenvalue weighted by Gasteiger charge is 2.20. The van der Waals surface area contributed by atoms with Crippen LogP contribution in [0.3, 0.4) is 0 Å². The minimum absolute atomic E-state index is 0.0434. The normalized spacial score (nSPS) is 18.6. The second-order valence-corrected chi connectivity index (χ2v) is 5.90. The molecule has 1 fully saturated rings. The van der Waals surface area contributed by atoms with Gasteiger partial charge in [-0.05, 0) is 35.1 Å². The summed E-state index contributed by atoms with van der Waals surface area (Å²) in [6.45, 7) is 0. The summed E-state index contributed by atoms with van der Waals surface area (Å²) in [5.41, 5.74) is 0.357. The van der Waals surface area contributed by atoms with Gasteiger partial charge in [0.05, 0.1) is 5.56 Å². The second-order valence-electron chi connectivity index (χ2n) is 4.75. The Labute approximate surface area is 116 Å². The largest absolute Gasteiger partial charge is 0.507 e. The van der Waals surface area contributed by atoms with Crippen LogP contribution in [0.1, 0.15) is 16.8 Å². The van der Waals surface area contributed by atoms with Crippen LogP contribution in [0, 0.1) is 0 Å². The SMILES string of the molecule is O=C(NC1CCSC1)c1cc2ccccc2cc1O. The van der Waals surface area contributed by atoms with E-state index in [1.54, 1.807) is 12.1 Å². The topological polar surface area (TPSA) is 49.3 Å². The average molecular weight is 273 g/mol. The molecule has 1 heterocycles. The molecule has 3 rings (SSSR count). The van der Waals surface area contributed by atoms with Crippen molar-refractivity contribution in [1.29, 1.82) is 0 Å². The number of hydrogen-bond acceptors (Lipinski definition) is 3. The number of rotatable bonds is 2. The maximum absolute atomic E-state index is 12.2. The molecule has 1 saturated heterocycles. The number of hydrogen-bond donors (Lipinski definition) is 2. The maximum Gasteiger partial charge on any atom is 0.255 e. The summed E-state index contributed by atoms with van der Waals surface area (Å²) < 4.78 is 0. The van der Waals surface area contributed by atoms with Crippen molar-refractivity contribution in [3.05, 3.63) is 42.0 Å². The third-order valence-corrected chi connectivity index (χ3v) is 4.54. The molecule has 0 bridgehead atoms. The first kappa shape index (κ1) is 12.4. The highest BCUT2D eigenvalue weighted by Crippen LogP contribution is 2.25. The van der Waals surface area contributed by atoms with E-state index in [0.29, 0.717) is 5.56 Å². The summed E-state index contributed by atoms with van der Waals surface area (Å²) in [4.78, 5) is 12.2. The van der Waals surface area contributed by atoms with Crippen LogP contribution in [0.25, 0.3) is 10.8 Å². The molecule has 3 nitrogen and oxygen atoms in total. The minimum atomic E-state index is -0.184. The van der Waals surface area contributed by atoms with E-state index in [4.69, 9.17) is 0 Å². The first-order valence-corrected chi connectivity index (χ1v) is 7.50. The number of nitrogens with one attached hydrogen (secondary N) is 1. The van der Waals surface area contributed by atoms with Crippen molar-refractivity contribution in [2.24, 2.45) is 0 Å².